The highest BCUT2D eigenvalue weighted by molar-refractivity contribution is 6.31. The molecule has 1 saturated carbocycles. The number of hydrogen-bond donors (Lipinski definition) is 1. The molecule has 1 aromatic rings. The SMILES string of the molecule is CC(CCc1ccc(F)cc1Cl)CNC1CC1. The highest BCUT2D eigenvalue weighted by Crippen LogP contribution is 2.21. The molecule has 1 aliphatic rings. The van der Waals surface area contributed by atoms with Gasteiger partial charge in [0.2, 0.25) is 0 Å². The van der Waals surface area contributed by atoms with E-state index in [1.807, 2.05) is 0 Å². The lowest BCUT2D eigenvalue weighted by Crippen LogP contribution is -2.23. The molecule has 1 unspecified atom stereocenters. The normalized spacial score (nSPS) is 17.1. The van der Waals surface area contributed by atoms with Gasteiger partial charge in [0.1, 0.15) is 5.82 Å². The molecule has 94 valence electrons. The van der Waals surface area contributed by atoms with E-state index in [1.165, 1.54) is 25.0 Å². The predicted octanol–water partition coefficient (Wildman–Crippen LogP) is 3.80. The fraction of sp³-hybridized carbons (Fsp3) is 0.571. The zero-order chi connectivity index (χ0) is 12.3. The van der Waals surface area contributed by atoms with Crippen LogP contribution in [0.25, 0.3) is 0 Å². The van der Waals surface area contributed by atoms with Crippen LogP contribution in [-0.2, 0) is 6.42 Å². The minimum Gasteiger partial charge on any atom is -0.314 e. The number of hydrogen-bond acceptors (Lipinski definition) is 1. The Kier molecular flexibility index (Phi) is 4.41. The monoisotopic (exact) mass is 255 g/mol. The molecule has 0 amide bonds. The van der Waals surface area contributed by atoms with Gasteiger partial charge in [-0.2, -0.15) is 0 Å². The van der Waals surface area contributed by atoms with Crippen LogP contribution in [0.5, 0.6) is 0 Å². The van der Waals surface area contributed by atoms with Crippen LogP contribution in [0.15, 0.2) is 18.2 Å². The van der Waals surface area contributed by atoms with Gasteiger partial charge in [0, 0.05) is 11.1 Å². The summed E-state index contributed by atoms with van der Waals surface area (Å²) in [6.45, 7) is 3.32. The third-order valence-corrected chi connectivity index (χ3v) is 3.61. The number of halogens is 2. The quantitative estimate of drug-likeness (QED) is 0.815. The molecule has 0 spiro atoms. The molecule has 1 N–H and O–H groups in total. The van der Waals surface area contributed by atoms with Crippen molar-refractivity contribution in [3.63, 3.8) is 0 Å². The van der Waals surface area contributed by atoms with E-state index in [4.69, 9.17) is 11.6 Å². The smallest absolute Gasteiger partial charge is 0.124 e. The Labute approximate surface area is 107 Å². The van der Waals surface area contributed by atoms with Crippen molar-refractivity contribution < 1.29 is 4.39 Å². The Bertz CT molecular complexity index is 376. The fourth-order valence-electron chi connectivity index (χ4n) is 1.88. The first-order chi connectivity index (χ1) is 8.15. The van der Waals surface area contributed by atoms with Crippen molar-refractivity contribution in [3.8, 4) is 0 Å². The summed E-state index contributed by atoms with van der Waals surface area (Å²) in [7, 11) is 0. The zero-order valence-electron chi connectivity index (χ0n) is 10.2. The molecular weight excluding hydrogens is 237 g/mol. The molecule has 0 radical (unpaired) electrons. The lowest BCUT2D eigenvalue weighted by molar-refractivity contribution is 0.479. The van der Waals surface area contributed by atoms with E-state index < -0.39 is 0 Å². The van der Waals surface area contributed by atoms with Crippen LogP contribution in [0.1, 0.15) is 31.7 Å². The first-order valence-corrected chi connectivity index (χ1v) is 6.70. The van der Waals surface area contributed by atoms with E-state index in [2.05, 4.69) is 12.2 Å². The Balaban J connectivity index is 1.75. The summed E-state index contributed by atoms with van der Waals surface area (Å²) < 4.78 is 12.9. The third-order valence-electron chi connectivity index (χ3n) is 3.25. The van der Waals surface area contributed by atoms with E-state index in [0.717, 1.165) is 31.0 Å². The van der Waals surface area contributed by atoms with Gasteiger partial charge in [-0.3, -0.25) is 0 Å². The second-order valence-corrected chi connectivity index (χ2v) is 5.47. The molecule has 2 rings (SSSR count). The average molecular weight is 256 g/mol. The molecule has 1 fully saturated rings. The molecule has 0 bridgehead atoms. The second kappa shape index (κ2) is 5.83. The number of aryl methyl sites for hydroxylation is 1. The van der Waals surface area contributed by atoms with Gasteiger partial charge in [-0.1, -0.05) is 24.6 Å². The molecule has 0 saturated heterocycles. The summed E-state index contributed by atoms with van der Waals surface area (Å²) in [5, 5.41) is 4.07. The van der Waals surface area contributed by atoms with E-state index in [1.54, 1.807) is 6.07 Å². The van der Waals surface area contributed by atoms with Crippen LogP contribution in [-0.4, -0.2) is 12.6 Å². The van der Waals surface area contributed by atoms with Crippen molar-refractivity contribution in [2.45, 2.75) is 38.6 Å². The summed E-state index contributed by atoms with van der Waals surface area (Å²) in [5.41, 5.74) is 1.05. The highest BCUT2D eigenvalue weighted by Gasteiger charge is 2.20. The van der Waals surface area contributed by atoms with Crippen molar-refractivity contribution in [1.29, 1.82) is 0 Å². The molecule has 0 aromatic heterocycles. The largest absolute Gasteiger partial charge is 0.314 e. The molecular formula is C14H19ClFN. The van der Waals surface area contributed by atoms with Gasteiger partial charge < -0.3 is 5.32 Å². The zero-order valence-corrected chi connectivity index (χ0v) is 10.9. The van der Waals surface area contributed by atoms with Gasteiger partial charge in [0.05, 0.1) is 0 Å². The standard InChI is InChI=1S/C14H19ClFN/c1-10(9-17-13-6-7-13)2-3-11-4-5-12(16)8-14(11)15/h4-5,8,10,13,17H,2-3,6-7,9H2,1H3. The maximum absolute atomic E-state index is 12.9. The number of benzene rings is 1. The number of nitrogens with one attached hydrogen (secondary N) is 1. The maximum atomic E-state index is 12.9. The Hall–Kier alpha value is -0.600. The van der Waals surface area contributed by atoms with Crippen LogP contribution < -0.4 is 5.32 Å². The van der Waals surface area contributed by atoms with Crippen LogP contribution in [0.2, 0.25) is 5.02 Å². The molecule has 0 aliphatic heterocycles. The second-order valence-electron chi connectivity index (χ2n) is 5.06. The van der Waals surface area contributed by atoms with Gasteiger partial charge in [0.25, 0.3) is 0 Å². The van der Waals surface area contributed by atoms with E-state index in [0.29, 0.717) is 10.9 Å². The van der Waals surface area contributed by atoms with Gasteiger partial charge in [-0.05, 0) is 55.8 Å². The van der Waals surface area contributed by atoms with Crippen molar-refractivity contribution in [3.05, 3.63) is 34.6 Å². The Morgan fingerprint density at radius 2 is 2.24 bits per heavy atom. The lowest BCUT2D eigenvalue weighted by atomic mass is 10.0. The van der Waals surface area contributed by atoms with E-state index >= 15 is 0 Å². The van der Waals surface area contributed by atoms with E-state index in [9.17, 15) is 4.39 Å². The van der Waals surface area contributed by atoms with Crippen LogP contribution in [0, 0.1) is 11.7 Å². The van der Waals surface area contributed by atoms with Crippen LogP contribution in [0.4, 0.5) is 4.39 Å². The molecule has 1 aliphatic carbocycles. The van der Waals surface area contributed by atoms with Crippen LogP contribution >= 0.6 is 11.6 Å². The molecule has 1 nitrogen and oxygen atoms in total. The summed E-state index contributed by atoms with van der Waals surface area (Å²) in [4.78, 5) is 0. The van der Waals surface area contributed by atoms with Gasteiger partial charge in [0.15, 0.2) is 0 Å². The predicted molar refractivity (Wildman–Crippen MR) is 69.9 cm³/mol. The molecule has 0 heterocycles. The lowest BCUT2D eigenvalue weighted by Gasteiger charge is -2.12. The third kappa shape index (κ3) is 4.29. The first-order valence-electron chi connectivity index (χ1n) is 6.32. The molecule has 1 aromatic carbocycles. The molecule has 1 atom stereocenters. The minimum absolute atomic E-state index is 0.262. The first kappa shape index (κ1) is 12.8. The van der Waals surface area contributed by atoms with Crippen molar-refractivity contribution >= 4 is 11.6 Å². The Morgan fingerprint density at radius 1 is 1.47 bits per heavy atom. The molecule has 17 heavy (non-hydrogen) atoms. The summed E-state index contributed by atoms with van der Waals surface area (Å²) in [6.07, 6.45) is 4.67. The summed E-state index contributed by atoms with van der Waals surface area (Å²) in [6, 6.07) is 5.43. The molecule has 3 heteroatoms. The van der Waals surface area contributed by atoms with Gasteiger partial charge >= 0.3 is 0 Å². The fourth-order valence-corrected chi connectivity index (χ4v) is 2.15. The Morgan fingerprint density at radius 3 is 2.88 bits per heavy atom. The van der Waals surface area contributed by atoms with Crippen LogP contribution in [0.3, 0.4) is 0 Å². The van der Waals surface area contributed by atoms with Gasteiger partial charge in [-0.15, -0.1) is 0 Å². The highest BCUT2D eigenvalue weighted by atomic mass is 35.5. The van der Waals surface area contributed by atoms with E-state index in [-0.39, 0.29) is 5.82 Å². The number of rotatable bonds is 6. The van der Waals surface area contributed by atoms with Crippen molar-refractivity contribution in [2.75, 3.05) is 6.54 Å². The topological polar surface area (TPSA) is 12.0 Å². The van der Waals surface area contributed by atoms with Crippen molar-refractivity contribution in [1.82, 2.24) is 5.32 Å². The minimum atomic E-state index is -0.262. The summed E-state index contributed by atoms with van der Waals surface area (Å²) in [5.74, 6) is 0.374. The summed E-state index contributed by atoms with van der Waals surface area (Å²) >= 11 is 5.99. The van der Waals surface area contributed by atoms with Gasteiger partial charge in [-0.25, -0.2) is 4.39 Å². The van der Waals surface area contributed by atoms with Crippen molar-refractivity contribution in [2.24, 2.45) is 5.92 Å². The maximum Gasteiger partial charge on any atom is 0.124 e. The average Bonchev–Trinajstić information content (AvgIpc) is 3.09.